The first-order valence-corrected chi connectivity index (χ1v) is 24.5. The molecule has 0 bridgehead atoms. The highest BCUT2D eigenvalue weighted by Crippen LogP contribution is 2.05. The van der Waals surface area contributed by atoms with Crippen molar-refractivity contribution in [2.75, 3.05) is 0 Å². The molecule has 0 N–H and O–H groups in total. The van der Waals surface area contributed by atoms with Crippen LogP contribution in [0.4, 0.5) is 0 Å². The number of hydrogen-bond acceptors (Lipinski definition) is 5. The van der Waals surface area contributed by atoms with Gasteiger partial charge in [-0.25, -0.2) is 0 Å². The molecule has 5 nitrogen and oxygen atoms in total. The van der Waals surface area contributed by atoms with Gasteiger partial charge in [-0.1, -0.05) is 0 Å². The number of rotatable bonds is 8. The zero-order chi connectivity index (χ0) is 15.4. The molecule has 1 atom stereocenters. The summed E-state index contributed by atoms with van der Waals surface area (Å²) in [7, 11) is -12.9. The van der Waals surface area contributed by atoms with Gasteiger partial charge in [0.15, 0.2) is 16.6 Å². The van der Waals surface area contributed by atoms with Gasteiger partial charge in [0, 0.05) is 0 Å². The van der Waals surface area contributed by atoms with Gasteiger partial charge in [0.1, 0.15) is 0 Å². The highest BCUT2D eigenvalue weighted by Gasteiger charge is 2.38. The van der Waals surface area contributed by atoms with Crippen molar-refractivity contribution in [2.24, 2.45) is 0 Å². The van der Waals surface area contributed by atoms with Gasteiger partial charge in [0.2, 0.25) is 8.56 Å². The van der Waals surface area contributed by atoms with Crippen molar-refractivity contribution in [1.82, 2.24) is 0 Å². The van der Waals surface area contributed by atoms with Crippen molar-refractivity contribution >= 4 is 57.6 Å². The Kier molecular flexibility index (Phi) is 8.08. The summed E-state index contributed by atoms with van der Waals surface area (Å²) in [6, 6.07) is 0. The van der Waals surface area contributed by atoms with Gasteiger partial charge >= 0.3 is 23.2 Å². The minimum atomic E-state index is -2.53. The fraction of sp³-hybridized carbons (Fsp3) is 1.00. The van der Waals surface area contributed by atoms with Crippen molar-refractivity contribution < 1.29 is 21.6 Å². The lowest BCUT2D eigenvalue weighted by atomic mass is 11.8. The molecule has 0 aromatic carbocycles. The monoisotopic (exact) mass is 382 g/mol. The molecule has 2 radical (unpaired) electrons. The van der Waals surface area contributed by atoms with Crippen LogP contribution in [-0.2, 0) is 21.6 Å². The quantitative estimate of drug-likeness (QED) is 0.577. The fourth-order valence-electron chi connectivity index (χ4n) is 1.13. The molecule has 1 unspecified atom stereocenters. The summed E-state index contributed by atoms with van der Waals surface area (Å²) in [5.41, 5.74) is 0. The molecule has 108 valence electrons. The van der Waals surface area contributed by atoms with Crippen molar-refractivity contribution in [1.29, 1.82) is 0 Å². The summed E-state index contributed by atoms with van der Waals surface area (Å²) in [6.07, 6.45) is 0. The maximum Gasteiger partial charge on any atom is 0.370 e. The lowest BCUT2D eigenvalue weighted by molar-refractivity contribution is 0.539. The van der Waals surface area contributed by atoms with Crippen molar-refractivity contribution in [3.8, 4) is 0 Å². The zero-order valence-corrected chi connectivity index (χ0v) is 19.8. The normalized spacial score (nSPS) is 14.1. The maximum absolute atomic E-state index is 12.1. The SMILES string of the molecule is C[SiH](O[Si](C)(C)C)[Si](=O)[Si](=O)[Si](=O)[Si]O[Si](C)(C)C. The van der Waals surface area contributed by atoms with Crippen LogP contribution < -0.4 is 0 Å². The Balaban J connectivity index is 4.49. The first-order valence-electron chi connectivity index (χ1n) is 6.08. The van der Waals surface area contributed by atoms with Gasteiger partial charge in [-0.15, -0.1) is 0 Å². The van der Waals surface area contributed by atoms with E-state index in [4.69, 9.17) is 8.23 Å². The Morgan fingerprint density at radius 1 is 0.947 bits per heavy atom. The predicted molar refractivity (Wildman–Crippen MR) is 87.0 cm³/mol. The molecule has 0 aliphatic carbocycles. The maximum atomic E-state index is 12.1. The molecule has 0 aliphatic rings. The van der Waals surface area contributed by atoms with E-state index in [-0.39, 0.29) is 9.28 Å². The lowest BCUT2D eigenvalue weighted by Crippen LogP contribution is -2.49. The standard InChI is InChI=1S/C7H22O5Si7/c1-14(12-19(5,6)7)16(9)17(10)15(8)13-11-18(2,3)4/h14H,1-7H3. The van der Waals surface area contributed by atoms with E-state index in [9.17, 15) is 13.4 Å². The molecule has 19 heavy (non-hydrogen) atoms. The summed E-state index contributed by atoms with van der Waals surface area (Å²) >= 11 is 0. The molecule has 0 spiro atoms. The molecule has 0 rings (SSSR count). The van der Waals surface area contributed by atoms with E-state index in [0.717, 1.165) is 0 Å². The Hall–Kier alpha value is 0.838. The Labute approximate surface area is 125 Å². The Morgan fingerprint density at radius 2 is 1.42 bits per heavy atom. The van der Waals surface area contributed by atoms with E-state index in [2.05, 4.69) is 0 Å². The highest BCUT2D eigenvalue weighted by molar-refractivity contribution is 7.60. The van der Waals surface area contributed by atoms with Crippen LogP contribution in [0.2, 0.25) is 45.8 Å². The average molecular weight is 383 g/mol. The third-order valence-corrected chi connectivity index (χ3v) is 36.1. The molecular formula is C7H22O5Si7. The van der Waals surface area contributed by atoms with Crippen molar-refractivity contribution in [3.63, 3.8) is 0 Å². The van der Waals surface area contributed by atoms with E-state index < -0.39 is 48.3 Å². The first-order chi connectivity index (χ1) is 8.33. The molecule has 0 aliphatic heterocycles. The predicted octanol–water partition coefficient (Wildman–Crippen LogP) is 0.660. The van der Waals surface area contributed by atoms with E-state index in [0.29, 0.717) is 0 Å². The molecule has 0 aromatic rings. The van der Waals surface area contributed by atoms with Gasteiger partial charge in [-0.3, -0.25) is 0 Å². The van der Waals surface area contributed by atoms with Gasteiger partial charge in [0.05, 0.1) is 0 Å². The van der Waals surface area contributed by atoms with Crippen molar-refractivity contribution in [2.45, 2.75) is 45.8 Å². The third kappa shape index (κ3) is 9.40. The molecule has 0 fully saturated rings. The van der Waals surface area contributed by atoms with Gasteiger partial charge in [0.25, 0.3) is 9.28 Å². The second-order valence-corrected chi connectivity index (χ2v) is 36.2. The van der Waals surface area contributed by atoms with Crippen LogP contribution in [0, 0.1) is 0 Å². The Bertz CT molecular complexity index is 371. The minimum absolute atomic E-state index is 0.244. The van der Waals surface area contributed by atoms with Crippen LogP contribution in [0.25, 0.3) is 0 Å². The van der Waals surface area contributed by atoms with E-state index in [1.165, 1.54) is 0 Å². The first kappa shape index (κ1) is 19.8. The van der Waals surface area contributed by atoms with Crippen LogP contribution in [0.15, 0.2) is 0 Å². The van der Waals surface area contributed by atoms with Crippen LogP contribution in [0.5, 0.6) is 0 Å². The Morgan fingerprint density at radius 3 is 1.79 bits per heavy atom. The van der Waals surface area contributed by atoms with Gasteiger partial charge in [-0.05, 0) is 45.8 Å². The molecule has 0 aromatic heterocycles. The summed E-state index contributed by atoms with van der Waals surface area (Å²) < 4.78 is 47.5. The topological polar surface area (TPSA) is 69.7 Å². The van der Waals surface area contributed by atoms with Gasteiger partial charge < -0.3 is 21.6 Å². The van der Waals surface area contributed by atoms with Crippen LogP contribution in [0.1, 0.15) is 0 Å². The molecule has 0 saturated heterocycles. The fourth-order valence-corrected chi connectivity index (χ4v) is 44.6. The molecule has 0 saturated carbocycles. The zero-order valence-electron chi connectivity index (χ0n) is 12.6. The smallest absolute Gasteiger partial charge is 0.370 e. The largest absolute Gasteiger partial charge is 0.455 e. The van der Waals surface area contributed by atoms with Gasteiger partial charge in [-0.2, -0.15) is 0 Å². The van der Waals surface area contributed by atoms with Crippen LogP contribution in [0.3, 0.4) is 0 Å². The lowest BCUT2D eigenvalue weighted by Gasteiger charge is -2.21. The summed E-state index contributed by atoms with van der Waals surface area (Å²) in [5.74, 6) is 0. The second kappa shape index (κ2) is 7.73. The number of hydrogen-bond donors (Lipinski definition) is 0. The summed E-state index contributed by atoms with van der Waals surface area (Å²) in [6.45, 7) is 13.8. The molecule has 0 amide bonds. The van der Waals surface area contributed by atoms with E-state index in [1.54, 1.807) is 6.55 Å². The van der Waals surface area contributed by atoms with Crippen LogP contribution in [-0.4, -0.2) is 57.6 Å². The van der Waals surface area contributed by atoms with E-state index >= 15 is 0 Å². The molecule has 12 heteroatoms. The second-order valence-electron chi connectivity index (χ2n) is 6.21. The third-order valence-electron chi connectivity index (χ3n) is 1.78. The highest BCUT2D eigenvalue weighted by atomic mass is 29.9. The van der Waals surface area contributed by atoms with E-state index in [1.807, 2.05) is 39.3 Å². The minimum Gasteiger partial charge on any atom is -0.455 e. The average Bonchev–Trinajstić information content (AvgIpc) is 2.20. The van der Waals surface area contributed by atoms with Crippen LogP contribution >= 0.6 is 0 Å². The molecule has 0 heterocycles. The van der Waals surface area contributed by atoms with Crippen molar-refractivity contribution in [3.05, 3.63) is 0 Å². The summed E-state index contributed by atoms with van der Waals surface area (Å²) in [5, 5.41) is 0. The molecular weight excluding hydrogens is 361 g/mol. The summed E-state index contributed by atoms with van der Waals surface area (Å²) in [4.78, 5) is 0.